The predicted molar refractivity (Wildman–Crippen MR) is 141 cm³/mol. The number of fused-ring (bicyclic) bond motifs is 1. The van der Waals surface area contributed by atoms with Crippen LogP contribution in [-0.4, -0.2) is 57.9 Å². The number of carbonyl (C=O) groups excluding carboxylic acids is 2. The Morgan fingerprint density at radius 2 is 1.81 bits per heavy atom. The fourth-order valence-electron chi connectivity index (χ4n) is 3.87. The lowest BCUT2D eigenvalue weighted by Gasteiger charge is -2.33. The molecule has 0 fully saturated rings. The van der Waals surface area contributed by atoms with E-state index in [0.29, 0.717) is 35.8 Å². The van der Waals surface area contributed by atoms with Crippen LogP contribution in [0.2, 0.25) is 0 Å². The molecule has 1 aliphatic rings. The molecule has 0 bridgehead atoms. The minimum atomic E-state index is -3.58. The zero-order valence-electron chi connectivity index (χ0n) is 21.1. The highest BCUT2D eigenvalue weighted by Gasteiger charge is 2.31. The Kier molecular flexibility index (Phi) is 7.51. The first-order valence-corrected chi connectivity index (χ1v) is 13.2. The van der Waals surface area contributed by atoms with Gasteiger partial charge in [-0.25, -0.2) is 12.7 Å². The second-order valence-corrected chi connectivity index (χ2v) is 11.0. The van der Waals surface area contributed by atoms with Crippen LogP contribution in [0.3, 0.4) is 0 Å². The third-order valence-electron chi connectivity index (χ3n) is 5.89. The van der Waals surface area contributed by atoms with Crippen molar-refractivity contribution in [2.24, 2.45) is 0 Å². The molecule has 10 heteroatoms. The average Bonchev–Trinajstić information content (AvgIpc) is 2.86. The van der Waals surface area contributed by atoms with Crippen molar-refractivity contribution in [1.29, 1.82) is 0 Å². The number of sulfonamides is 1. The molecule has 1 atom stereocenters. The van der Waals surface area contributed by atoms with Gasteiger partial charge in [0.05, 0.1) is 17.1 Å². The quantitative estimate of drug-likeness (QED) is 0.483. The van der Waals surface area contributed by atoms with Crippen molar-refractivity contribution in [2.45, 2.75) is 24.8 Å². The summed E-state index contributed by atoms with van der Waals surface area (Å²) in [6.07, 6.45) is -0.691. The molecule has 4 rings (SSSR count). The number of hydrogen-bond donors (Lipinski definition) is 1. The van der Waals surface area contributed by atoms with Crippen molar-refractivity contribution in [1.82, 2.24) is 4.31 Å². The molecule has 0 saturated carbocycles. The molecule has 0 aromatic heterocycles. The van der Waals surface area contributed by atoms with Crippen LogP contribution >= 0.6 is 0 Å². The van der Waals surface area contributed by atoms with E-state index in [2.05, 4.69) is 5.32 Å². The van der Waals surface area contributed by atoms with E-state index in [1.54, 1.807) is 30.0 Å². The molecule has 194 valence electrons. The van der Waals surface area contributed by atoms with Gasteiger partial charge in [-0.15, -0.1) is 0 Å². The summed E-state index contributed by atoms with van der Waals surface area (Å²) in [4.78, 5) is 27.3. The lowest BCUT2D eigenvalue weighted by Crippen LogP contribution is -2.46. The average molecular weight is 524 g/mol. The number of aryl methyl sites for hydroxylation is 1. The summed E-state index contributed by atoms with van der Waals surface area (Å²) in [5.74, 6) is 0.620. The van der Waals surface area contributed by atoms with Crippen LogP contribution in [0.15, 0.2) is 71.6 Å². The van der Waals surface area contributed by atoms with E-state index in [1.165, 1.54) is 38.4 Å². The maximum absolute atomic E-state index is 12.8. The van der Waals surface area contributed by atoms with E-state index in [1.807, 2.05) is 31.2 Å². The highest BCUT2D eigenvalue weighted by atomic mass is 32.2. The van der Waals surface area contributed by atoms with Gasteiger partial charge in [0.1, 0.15) is 18.1 Å². The van der Waals surface area contributed by atoms with E-state index in [-0.39, 0.29) is 10.8 Å². The van der Waals surface area contributed by atoms with Crippen molar-refractivity contribution in [3.05, 3.63) is 77.9 Å². The van der Waals surface area contributed by atoms with Gasteiger partial charge >= 0.3 is 0 Å². The number of benzene rings is 3. The molecule has 37 heavy (non-hydrogen) atoms. The van der Waals surface area contributed by atoms with E-state index in [4.69, 9.17) is 9.47 Å². The van der Waals surface area contributed by atoms with Crippen LogP contribution in [0.5, 0.6) is 11.5 Å². The topological polar surface area (TPSA) is 105 Å². The van der Waals surface area contributed by atoms with Gasteiger partial charge in [-0.1, -0.05) is 12.1 Å². The zero-order chi connectivity index (χ0) is 26.7. The Morgan fingerprint density at radius 3 is 2.49 bits per heavy atom. The van der Waals surface area contributed by atoms with Crippen LogP contribution < -0.4 is 19.7 Å². The lowest BCUT2D eigenvalue weighted by atomic mass is 10.1. The number of rotatable bonds is 8. The molecular weight excluding hydrogens is 494 g/mol. The fraction of sp³-hybridized carbons (Fsp3) is 0.259. The largest absolute Gasteiger partial charge is 0.492 e. The van der Waals surface area contributed by atoms with Crippen molar-refractivity contribution >= 4 is 33.2 Å². The molecule has 1 heterocycles. The predicted octanol–water partition coefficient (Wildman–Crippen LogP) is 3.69. The Balaban J connectivity index is 1.46. The first kappa shape index (κ1) is 26.2. The summed E-state index contributed by atoms with van der Waals surface area (Å²) in [6.45, 7) is 4.30. The summed E-state index contributed by atoms with van der Waals surface area (Å²) >= 11 is 0. The molecule has 3 aromatic carbocycles. The normalized spacial score (nSPS) is 15.2. The summed E-state index contributed by atoms with van der Waals surface area (Å²) in [7, 11) is -0.694. The van der Waals surface area contributed by atoms with Gasteiger partial charge in [0, 0.05) is 31.4 Å². The monoisotopic (exact) mass is 523 g/mol. The highest BCUT2D eigenvalue weighted by molar-refractivity contribution is 7.89. The van der Waals surface area contributed by atoms with Gasteiger partial charge < -0.3 is 19.7 Å². The van der Waals surface area contributed by atoms with Crippen LogP contribution in [0.4, 0.5) is 11.4 Å². The van der Waals surface area contributed by atoms with Crippen molar-refractivity contribution in [2.75, 3.05) is 37.5 Å². The summed E-state index contributed by atoms with van der Waals surface area (Å²) < 4.78 is 37.2. The Labute approximate surface area is 216 Å². The molecule has 0 spiro atoms. The first-order chi connectivity index (χ1) is 17.6. The maximum atomic E-state index is 12.8. The standard InChI is InChI=1S/C27H29N3O6S/c1-18-6-5-7-22(16-18)35-15-14-30-24-13-10-21(17-25(24)36-19(2)27(30)32)28-26(31)20-8-11-23(12-9-20)37(33,34)29(3)4/h5-13,16-17,19H,14-15H2,1-4H3,(H,28,31). The first-order valence-electron chi connectivity index (χ1n) is 11.7. The SMILES string of the molecule is Cc1cccc(OCCN2C(=O)C(C)Oc3cc(NC(=O)c4ccc(S(=O)(=O)N(C)C)cc4)ccc32)c1. The smallest absolute Gasteiger partial charge is 0.267 e. The second kappa shape index (κ2) is 10.6. The van der Waals surface area contributed by atoms with Crippen LogP contribution in [-0.2, 0) is 14.8 Å². The molecular formula is C27H29N3O6S. The molecule has 1 unspecified atom stereocenters. The Morgan fingerprint density at radius 1 is 1.08 bits per heavy atom. The molecule has 1 N–H and O–H groups in total. The molecule has 0 aliphatic carbocycles. The zero-order valence-corrected chi connectivity index (χ0v) is 21.9. The molecule has 0 radical (unpaired) electrons. The van der Waals surface area contributed by atoms with Gasteiger partial charge in [0.2, 0.25) is 10.0 Å². The lowest BCUT2D eigenvalue weighted by molar-refractivity contribution is -0.125. The van der Waals surface area contributed by atoms with Crippen molar-refractivity contribution < 1.29 is 27.5 Å². The van der Waals surface area contributed by atoms with Gasteiger partial charge in [0.25, 0.3) is 11.8 Å². The molecule has 0 saturated heterocycles. The Hall–Kier alpha value is -3.89. The number of nitrogens with zero attached hydrogens (tertiary/aromatic N) is 2. The summed E-state index contributed by atoms with van der Waals surface area (Å²) in [5, 5.41) is 2.79. The molecule has 3 aromatic rings. The fourth-order valence-corrected chi connectivity index (χ4v) is 4.77. The molecule has 2 amide bonds. The minimum Gasteiger partial charge on any atom is -0.492 e. The second-order valence-electron chi connectivity index (χ2n) is 8.86. The van der Waals surface area contributed by atoms with Crippen LogP contribution in [0.25, 0.3) is 0 Å². The number of nitrogens with one attached hydrogen (secondary N) is 1. The van der Waals surface area contributed by atoms with Gasteiger partial charge in [-0.05, 0) is 67.9 Å². The van der Waals surface area contributed by atoms with E-state index in [9.17, 15) is 18.0 Å². The van der Waals surface area contributed by atoms with Crippen molar-refractivity contribution in [3.63, 3.8) is 0 Å². The third-order valence-corrected chi connectivity index (χ3v) is 7.72. The Bertz CT molecular complexity index is 1420. The van der Waals surface area contributed by atoms with Crippen LogP contribution in [0, 0.1) is 6.92 Å². The van der Waals surface area contributed by atoms with E-state index < -0.39 is 22.0 Å². The summed E-state index contributed by atoms with van der Waals surface area (Å²) in [6, 6.07) is 18.5. The summed E-state index contributed by atoms with van der Waals surface area (Å²) in [5.41, 5.74) is 2.45. The molecule has 1 aliphatic heterocycles. The number of carbonyl (C=O) groups is 2. The van der Waals surface area contributed by atoms with Gasteiger partial charge in [0.15, 0.2) is 6.10 Å². The molecule has 9 nitrogen and oxygen atoms in total. The third kappa shape index (κ3) is 5.76. The number of anilines is 2. The van der Waals surface area contributed by atoms with Crippen LogP contribution in [0.1, 0.15) is 22.8 Å². The minimum absolute atomic E-state index is 0.0985. The van der Waals surface area contributed by atoms with E-state index >= 15 is 0 Å². The van der Waals surface area contributed by atoms with Gasteiger partial charge in [-0.2, -0.15) is 0 Å². The maximum Gasteiger partial charge on any atom is 0.267 e. The number of ether oxygens (including phenoxy) is 2. The number of hydrogen-bond acceptors (Lipinski definition) is 6. The highest BCUT2D eigenvalue weighted by Crippen LogP contribution is 2.36. The van der Waals surface area contributed by atoms with Crippen molar-refractivity contribution in [3.8, 4) is 11.5 Å². The van der Waals surface area contributed by atoms with Gasteiger partial charge in [-0.3, -0.25) is 9.59 Å². The van der Waals surface area contributed by atoms with E-state index in [0.717, 1.165) is 15.6 Å². The number of amides is 2.